The Labute approximate surface area is 145 Å². The van der Waals surface area contributed by atoms with E-state index in [4.69, 9.17) is 21.1 Å². The van der Waals surface area contributed by atoms with Crippen LogP contribution in [0.2, 0.25) is 5.02 Å². The Kier molecular flexibility index (Phi) is 11.4. The zero-order valence-corrected chi connectivity index (χ0v) is 14.9. The lowest BCUT2D eigenvalue weighted by molar-refractivity contribution is -0.146. The molecule has 4 heteroatoms. The largest absolute Gasteiger partial charge is 0.482 e. The lowest BCUT2D eigenvalue weighted by Gasteiger charge is -2.07. The SMILES string of the molecule is CCCCCCCCCCCOC(=O)COc1ccc(Cl)cc1. The van der Waals surface area contributed by atoms with Gasteiger partial charge in [0.05, 0.1) is 6.61 Å². The summed E-state index contributed by atoms with van der Waals surface area (Å²) in [7, 11) is 0. The van der Waals surface area contributed by atoms with Crippen molar-refractivity contribution in [1.82, 2.24) is 0 Å². The molecule has 0 saturated carbocycles. The Hall–Kier alpha value is -1.22. The van der Waals surface area contributed by atoms with Crippen LogP contribution in [0.25, 0.3) is 0 Å². The molecule has 1 rings (SSSR count). The van der Waals surface area contributed by atoms with E-state index in [-0.39, 0.29) is 12.6 Å². The summed E-state index contributed by atoms with van der Waals surface area (Å²) in [6, 6.07) is 6.92. The number of ether oxygens (including phenoxy) is 2. The van der Waals surface area contributed by atoms with Gasteiger partial charge in [-0.05, 0) is 30.7 Å². The van der Waals surface area contributed by atoms with E-state index in [1.807, 2.05) is 0 Å². The van der Waals surface area contributed by atoms with E-state index < -0.39 is 0 Å². The fourth-order valence-corrected chi connectivity index (χ4v) is 2.44. The first-order chi connectivity index (χ1) is 11.2. The Morgan fingerprint density at radius 1 is 0.913 bits per heavy atom. The van der Waals surface area contributed by atoms with Crippen molar-refractivity contribution < 1.29 is 14.3 Å². The third-order valence-corrected chi connectivity index (χ3v) is 3.93. The van der Waals surface area contributed by atoms with E-state index in [0.29, 0.717) is 17.4 Å². The van der Waals surface area contributed by atoms with Crippen LogP contribution in [0.15, 0.2) is 24.3 Å². The van der Waals surface area contributed by atoms with Crippen LogP contribution in [-0.4, -0.2) is 19.2 Å². The quantitative estimate of drug-likeness (QED) is 0.336. The molecular formula is C19H29ClO3. The Balaban J connectivity index is 1.91. The number of unbranched alkanes of at least 4 members (excludes halogenated alkanes) is 8. The highest BCUT2D eigenvalue weighted by atomic mass is 35.5. The van der Waals surface area contributed by atoms with Gasteiger partial charge >= 0.3 is 5.97 Å². The van der Waals surface area contributed by atoms with Gasteiger partial charge in [0.1, 0.15) is 5.75 Å². The summed E-state index contributed by atoms with van der Waals surface area (Å²) in [5.41, 5.74) is 0. The minimum atomic E-state index is -0.320. The first-order valence-electron chi connectivity index (χ1n) is 8.76. The van der Waals surface area contributed by atoms with Crippen molar-refractivity contribution in [2.45, 2.75) is 64.7 Å². The molecule has 1 aromatic carbocycles. The lowest BCUT2D eigenvalue weighted by Crippen LogP contribution is -2.15. The normalized spacial score (nSPS) is 10.5. The van der Waals surface area contributed by atoms with Crippen molar-refractivity contribution in [3.63, 3.8) is 0 Å². The van der Waals surface area contributed by atoms with E-state index in [0.717, 1.165) is 12.8 Å². The van der Waals surface area contributed by atoms with Gasteiger partial charge in [-0.3, -0.25) is 0 Å². The van der Waals surface area contributed by atoms with Crippen molar-refractivity contribution in [1.29, 1.82) is 0 Å². The second kappa shape index (κ2) is 13.2. The number of rotatable bonds is 13. The second-order valence-corrected chi connectivity index (χ2v) is 6.23. The van der Waals surface area contributed by atoms with E-state index >= 15 is 0 Å². The number of benzene rings is 1. The predicted octanol–water partition coefficient (Wildman–Crippen LogP) is 5.79. The summed E-state index contributed by atoms with van der Waals surface area (Å²) in [4.78, 5) is 11.5. The molecule has 130 valence electrons. The number of hydrogen-bond donors (Lipinski definition) is 0. The number of carbonyl (C=O) groups excluding carboxylic acids is 1. The van der Waals surface area contributed by atoms with Crippen molar-refractivity contribution in [2.75, 3.05) is 13.2 Å². The molecule has 0 aliphatic heterocycles. The molecule has 0 N–H and O–H groups in total. The van der Waals surface area contributed by atoms with Crippen LogP contribution in [0.1, 0.15) is 64.7 Å². The highest BCUT2D eigenvalue weighted by molar-refractivity contribution is 6.30. The van der Waals surface area contributed by atoms with Crippen LogP contribution in [0.5, 0.6) is 5.75 Å². The molecule has 0 aliphatic carbocycles. The van der Waals surface area contributed by atoms with Gasteiger partial charge in [0, 0.05) is 5.02 Å². The number of carbonyl (C=O) groups is 1. The van der Waals surface area contributed by atoms with Crippen LogP contribution in [-0.2, 0) is 9.53 Å². The fraction of sp³-hybridized carbons (Fsp3) is 0.632. The summed E-state index contributed by atoms with van der Waals surface area (Å²) in [5, 5.41) is 0.644. The maximum Gasteiger partial charge on any atom is 0.344 e. The number of hydrogen-bond acceptors (Lipinski definition) is 3. The van der Waals surface area contributed by atoms with Crippen LogP contribution in [0.4, 0.5) is 0 Å². The molecule has 0 aliphatic rings. The molecular weight excluding hydrogens is 312 g/mol. The molecule has 0 spiro atoms. The van der Waals surface area contributed by atoms with E-state index in [1.54, 1.807) is 24.3 Å². The summed E-state index contributed by atoms with van der Waals surface area (Å²) in [6.07, 6.45) is 11.3. The molecule has 0 atom stereocenters. The lowest BCUT2D eigenvalue weighted by atomic mass is 10.1. The van der Waals surface area contributed by atoms with Gasteiger partial charge in [-0.15, -0.1) is 0 Å². The van der Waals surface area contributed by atoms with Gasteiger partial charge in [-0.25, -0.2) is 4.79 Å². The van der Waals surface area contributed by atoms with Gasteiger partial charge in [0.2, 0.25) is 0 Å². The monoisotopic (exact) mass is 340 g/mol. The molecule has 0 radical (unpaired) electrons. The molecule has 0 aromatic heterocycles. The third kappa shape index (κ3) is 11.0. The van der Waals surface area contributed by atoms with Gasteiger partial charge in [0.15, 0.2) is 6.61 Å². The molecule has 0 unspecified atom stereocenters. The highest BCUT2D eigenvalue weighted by Gasteiger charge is 2.04. The predicted molar refractivity (Wildman–Crippen MR) is 95.1 cm³/mol. The van der Waals surface area contributed by atoms with Gasteiger partial charge in [-0.1, -0.05) is 69.9 Å². The maximum atomic E-state index is 11.5. The first kappa shape index (κ1) is 19.8. The average molecular weight is 341 g/mol. The molecule has 0 saturated heterocycles. The van der Waals surface area contributed by atoms with Gasteiger partial charge < -0.3 is 9.47 Å². The zero-order chi connectivity index (χ0) is 16.8. The smallest absolute Gasteiger partial charge is 0.344 e. The first-order valence-corrected chi connectivity index (χ1v) is 9.14. The molecule has 3 nitrogen and oxygen atoms in total. The Morgan fingerprint density at radius 3 is 2.09 bits per heavy atom. The van der Waals surface area contributed by atoms with E-state index in [2.05, 4.69) is 6.92 Å². The van der Waals surface area contributed by atoms with Crippen LogP contribution < -0.4 is 4.74 Å². The van der Waals surface area contributed by atoms with E-state index in [1.165, 1.54) is 44.9 Å². The zero-order valence-electron chi connectivity index (χ0n) is 14.2. The highest BCUT2D eigenvalue weighted by Crippen LogP contribution is 2.15. The summed E-state index contributed by atoms with van der Waals surface area (Å²) < 4.78 is 10.5. The summed E-state index contributed by atoms with van der Waals surface area (Å²) >= 11 is 5.78. The topological polar surface area (TPSA) is 35.5 Å². The van der Waals surface area contributed by atoms with Gasteiger partial charge in [0.25, 0.3) is 0 Å². The van der Waals surface area contributed by atoms with Crippen molar-refractivity contribution >= 4 is 17.6 Å². The molecule has 0 bridgehead atoms. The molecule has 1 aromatic rings. The van der Waals surface area contributed by atoms with Crippen molar-refractivity contribution in [3.8, 4) is 5.75 Å². The number of halogens is 1. The van der Waals surface area contributed by atoms with Crippen LogP contribution >= 0.6 is 11.6 Å². The fourth-order valence-electron chi connectivity index (χ4n) is 2.31. The molecule has 0 fully saturated rings. The Morgan fingerprint density at radius 2 is 1.48 bits per heavy atom. The van der Waals surface area contributed by atoms with Crippen LogP contribution in [0.3, 0.4) is 0 Å². The molecule has 0 heterocycles. The van der Waals surface area contributed by atoms with Crippen molar-refractivity contribution in [2.24, 2.45) is 0 Å². The van der Waals surface area contributed by atoms with E-state index in [9.17, 15) is 4.79 Å². The van der Waals surface area contributed by atoms with Gasteiger partial charge in [-0.2, -0.15) is 0 Å². The van der Waals surface area contributed by atoms with Crippen molar-refractivity contribution in [3.05, 3.63) is 29.3 Å². The number of esters is 1. The van der Waals surface area contributed by atoms with Crippen LogP contribution in [0, 0.1) is 0 Å². The minimum absolute atomic E-state index is 0.0565. The molecule has 0 amide bonds. The Bertz CT molecular complexity index is 417. The standard InChI is InChI=1S/C19H29ClO3/c1-2-3-4-5-6-7-8-9-10-15-22-19(21)16-23-18-13-11-17(20)12-14-18/h11-14H,2-10,15-16H2,1H3. The summed E-state index contributed by atoms with van der Waals surface area (Å²) in [6.45, 7) is 2.67. The maximum absolute atomic E-state index is 11.5. The average Bonchev–Trinajstić information content (AvgIpc) is 2.56. The third-order valence-electron chi connectivity index (χ3n) is 3.68. The molecule has 23 heavy (non-hydrogen) atoms. The summed E-state index contributed by atoms with van der Waals surface area (Å²) in [5.74, 6) is 0.300. The second-order valence-electron chi connectivity index (χ2n) is 5.79. The minimum Gasteiger partial charge on any atom is -0.482 e.